The average molecular weight is 276 g/mol. The second kappa shape index (κ2) is 5.01. The Morgan fingerprint density at radius 3 is 2.63 bits per heavy atom. The van der Waals surface area contributed by atoms with Crippen molar-refractivity contribution in [2.24, 2.45) is 11.1 Å². The number of thiophene rings is 1. The van der Waals surface area contributed by atoms with E-state index in [0.717, 1.165) is 15.0 Å². The standard InChI is InChI=1S/C14H16N2O2S/c1-14(12(15)17,13(18)16-2)8-10-7-9-5-3-4-6-11(9)19-10/h3-7H,8H2,1-2H3,(H2,15,17)(H,16,18). The van der Waals surface area contributed by atoms with E-state index in [0.29, 0.717) is 6.42 Å². The van der Waals surface area contributed by atoms with Crippen molar-refractivity contribution in [2.45, 2.75) is 13.3 Å². The number of fused-ring (bicyclic) bond motifs is 1. The van der Waals surface area contributed by atoms with Crippen molar-refractivity contribution in [1.82, 2.24) is 5.32 Å². The summed E-state index contributed by atoms with van der Waals surface area (Å²) in [5.41, 5.74) is 4.18. The van der Waals surface area contributed by atoms with Crippen LogP contribution in [-0.2, 0) is 16.0 Å². The maximum absolute atomic E-state index is 11.9. The van der Waals surface area contributed by atoms with E-state index < -0.39 is 11.3 Å². The molecule has 0 saturated heterocycles. The molecule has 1 aromatic carbocycles. The topological polar surface area (TPSA) is 72.2 Å². The molecule has 4 nitrogen and oxygen atoms in total. The van der Waals surface area contributed by atoms with Crippen molar-refractivity contribution in [3.8, 4) is 0 Å². The van der Waals surface area contributed by atoms with Crippen LogP contribution in [0.5, 0.6) is 0 Å². The number of carbonyl (C=O) groups is 2. The van der Waals surface area contributed by atoms with Crippen LogP contribution in [0.1, 0.15) is 11.8 Å². The molecule has 3 N–H and O–H groups in total. The van der Waals surface area contributed by atoms with Gasteiger partial charge in [-0.05, 0) is 24.4 Å². The lowest BCUT2D eigenvalue weighted by atomic mass is 9.84. The van der Waals surface area contributed by atoms with Gasteiger partial charge in [0.2, 0.25) is 11.8 Å². The van der Waals surface area contributed by atoms with Crippen LogP contribution in [-0.4, -0.2) is 18.9 Å². The molecule has 5 heteroatoms. The summed E-state index contributed by atoms with van der Waals surface area (Å²) in [7, 11) is 1.51. The average Bonchev–Trinajstić information content (AvgIpc) is 2.79. The minimum absolute atomic E-state index is 0.321. The summed E-state index contributed by atoms with van der Waals surface area (Å²) in [5, 5.41) is 3.62. The minimum Gasteiger partial charge on any atom is -0.369 e. The second-order valence-electron chi connectivity index (χ2n) is 4.70. The highest BCUT2D eigenvalue weighted by atomic mass is 32.1. The quantitative estimate of drug-likeness (QED) is 0.834. The number of nitrogens with one attached hydrogen (secondary N) is 1. The lowest BCUT2D eigenvalue weighted by molar-refractivity contribution is -0.140. The Kier molecular flexibility index (Phi) is 3.57. The van der Waals surface area contributed by atoms with E-state index in [1.807, 2.05) is 30.3 Å². The van der Waals surface area contributed by atoms with Crippen LogP contribution < -0.4 is 11.1 Å². The Morgan fingerprint density at radius 1 is 1.37 bits per heavy atom. The Balaban J connectivity index is 2.36. The first-order valence-corrected chi connectivity index (χ1v) is 6.78. The van der Waals surface area contributed by atoms with Gasteiger partial charge in [0.25, 0.3) is 0 Å². The van der Waals surface area contributed by atoms with Gasteiger partial charge in [-0.1, -0.05) is 18.2 Å². The third-order valence-electron chi connectivity index (χ3n) is 3.28. The van der Waals surface area contributed by atoms with Crippen molar-refractivity contribution in [2.75, 3.05) is 7.05 Å². The third-order valence-corrected chi connectivity index (χ3v) is 4.39. The van der Waals surface area contributed by atoms with Crippen molar-refractivity contribution in [3.63, 3.8) is 0 Å². The van der Waals surface area contributed by atoms with Gasteiger partial charge in [0.15, 0.2) is 0 Å². The first kappa shape index (κ1) is 13.5. The molecular formula is C14H16N2O2S. The number of benzene rings is 1. The molecule has 2 aromatic rings. The fourth-order valence-electron chi connectivity index (χ4n) is 2.03. The summed E-state index contributed by atoms with van der Waals surface area (Å²) in [5.74, 6) is -0.957. The van der Waals surface area contributed by atoms with Crippen molar-refractivity contribution in [1.29, 1.82) is 0 Å². The summed E-state index contributed by atoms with van der Waals surface area (Å²) >= 11 is 1.58. The summed E-state index contributed by atoms with van der Waals surface area (Å²) in [6.07, 6.45) is 0.321. The molecule has 1 atom stereocenters. The molecule has 0 spiro atoms. The van der Waals surface area contributed by atoms with Gasteiger partial charge in [-0.2, -0.15) is 0 Å². The predicted molar refractivity (Wildman–Crippen MR) is 76.9 cm³/mol. The zero-order chi connectivity index (χ0) is 14.0. The molecule has 100 valence electrons. The second-order valence-corrected chi connectivity index (χ2v) is 5.87. The van der Waals surface area contributed by atoms with Gasteiger partial charge >= 0.3 is 0 Å². The Labute approximate surface area is 115 Å². The number of hydrogen-bond acceptors (Lipinski definition) is 3. The SMILES string of the molecule is CNC(=O)C(C)(Cc1cc2ccccc2s1)C(N)=O. The zero-order valence-corrected chi connectivity index (χ0v) is 11.7. The van der Waals surface area contributed by atoms with E-state index in [9.17, 15) is 9.59 Å². The summed E-state index contributed by atoms with van der Waals surface area (Å²) in [6.45, 7) is 1.58. The number of hydrogen-bond donors (Lipinski definition) is 2. The molecule has 1 heterocycles. The van der Waals surface area contributed by atoms with E-state index in [4.69, 9.17) is 5.73 Å². The molecule has 0 saturated carbocycles. The highest BCUT2D eigenvalue weighted by molar-refractivity contribution is 7.19. The van der Waals surface area contributed by atoms with Crippen LogP contribution in [0, 0.1) is 5.41 Å². The van der Waals surface area contributed by atoms with Gasteiger partial charge in [-0.15, -0.1) is 11.3 Å². The largest absolute Gasteiger partial charge is 0.369 e. The van der Waals surface area contributed by atoms with E-state index in [2.05, 4.69) is 5.32 Å². The molecule has 2 rings (SSSR count). The van der Waals surface area contributed by atoms with E-state index in [1.54, 1.807) is 18.3 Å². The molecule has 0 aliphatic rings. The van der Waals surface area contributed by atoms with Crippen LogP contribution in [0.4, 0.5) is 0 Å². The number of amides is 2. The first-order valence-electron chi connectivity index (χ1n) is 5.97. The zero-order valence-electron chi connectivity index (χ0n) is 10.9. The van der Waals surface area contributed by atoms with E-state index in [1.165, 1.54) is 7.05 Å². The van der Waals surface area contributed by atoms with Gasteiger partial charge < -0.3 is 11.1 Å². The summed E-state index contributed by atoms with van der Waals surface area (Å²) in [6, 6.07) is 9.96. The predicted octanol–water partition coefficient (Wildman–Crippen LogP) is 1.68. The third kappa shape index (κ3) is 2.46. The van der Waals surface area contributed by atoms with Gasteiger partial charge in [-0.25, -0.2) is 0 Å². The summed E-state index contributed by atoms with van der Waals surface area (Å²) in [4.78, 5) is 24.5. The van der Waals surface area contributed by atoms with Crippen LogP contribution >= 0.6 is 11.3 Å². The molecule has 0 radical (unpaired) electrons. The number of carbonyl (C=O) groups excluding carboxylic acids is 2. The van der Waals surface area contributed by atoms with Crippen molar-refractivity contribution < 1.29 is 9.59 Å². The summed E-state index contributed by atoms with van der Waals surface area (Å²) < 4.78 is 1.14. The molecule has 2 amide bonds. The lowest BCUT2D eigenvalue weighted by Gasteiger charge is -2.23. The molecule has 0 bridgehead atoms. The maximum atomic E-state index is 11.9. The van der Waals surface area contributed by atoms with Gasteiger partial charge in [0.05, 0.1) is 0 Å². The highest BCUT2D eigenvalue weighted by Gasteiger charge is 2.39. The molecule has 1 unspecified atom stereocenters. The van der Waals surface area contributed by atoms with Crippen molar-refractivity contribution in [3.05, 3.63) is 35.2 Å². The molecule has 0 aliphatic carbocycles. The Morgan fingerprint density at radius 2 is 2.05 bits per heavy atom. The van der Waals surface area contributed by atoms with Crippen molar-refractivity contribution >= 4 is 33.2 Å². The monoisotopic (exact) mass is 276 g/mol. The molecule has 0 fully saturated rings. The number of primary amides is 1. The normalized spacial score (nSPS) is 14.0. The van der Waals surface area contributed by atoms with Gasteiger partial charge in [0.1, 0.15) is 5.41 Å². The van der Waals surface area contributed by atoms with Gasteiger partial charge in [-0.3, -0.25) is 9.59 Å². The van der Waals surface area contributed by atoms with E-state index in [-0.39, 0.29) is 5.91 Å². The van der Waals surface area contributed by atoms with E-state index >= 15 is 0 Å². The fraction of sp³-hybridized carbons (Fsp3) is 0.286. The Hall–Kier alpha value is -1.88. The number of nitrogens with two attached hydrogens (primary N) is 1. The molecule has 0 aliphatic heterocycles. The van der Waals surface area contributed by atoms with Crippen LogP contribution in [0.2, 0.25) is 0 Å². The maximum Gasteiger partial charge on any atom is 0.235 e. The minimum atomic E-state index is -1.21. The smallest absolute Gasteiger partial charge is 0.235 e. The highest BCUT2D eigenvalue weighted by Crippen LogP contribution is 2.31. The van der Waals surface area contributed by atoms with Gasteiger partial charge in [0, 0.05) is 23.0 Å². The first-order chi connectivity index (χ1) is 8.97. The molecular weight excluding hydrogens is 260 g/mol. The van der Waals surface area contributed by atoms with Crippen LogP contribution in [0.15, 0.2) is 30.3 Å². The fourth-order valence-corrected chi connectivity index (χ4v) is 3.25. The number of rotatable bonds is 4. The Bertz CT molecular complexity index is 602. The lowest BCUT2D eigenvalue weighted by Crippen LogP contribution is -2.48. The molecule has 19 heavy (non-hydrogen) atoms. The van der Waals surface area contributed by atoms with Crippen LogP contribution in [0.25, 0.3) is 10.1 Å². The van der Waals surface area contributed by atoms with Crippen LogP contribution in [0.3, 0.4) is 0 Å². The molecule has 1 aromatic heterocycles.